The summed E-state index contributed by atoms with van der Waals surface area (Å²) in [5.41, 5.74) is 0. The zero-order chi connectivity index (χ0) is 11.5. The quantitative estimate of drug-likeness (QED) is 0.792. The molecular weight excluding hydrogens is 196 g/mol. The molecule has 2 aliphatic rings. The molecule has 16 heavy (non-hydrogen) atoms. The summed E-state index contributed by atoms with van der Waals surface area (Å²) in [5.74, 6) is 1.77. The highest BCUT2D eigenvalue weighted by molar-refractivity contribution is 4.91. The molecule has 1 aliphatic heterocycles. The summed E-state index contributed by atoms with van der Waals surface area (Å²) in [6, 6.07) is 1.63. The highest BCUT2D eigenvalue weighted by atomic mass is 15.2. The predicted molar refractivity (Wildman–Crippen MR) is 69.6 cm³/mol. The van der Waals surface area contributed by atoms with E-state index in [1.165, 1.54) is 45.2 Å². The van der Waals surface area contributed by atoms with E-state index in [-0.39, 0.29) is 0 Å². The average molecular weight is 224 g/mol. The number of hydrogen-bond acceptors (Lipinski definition) is 2. The third-order valence-electron chi connectivity index (χ3n) is 4.94. The van der Waals surface area contributed by atoms with Gasteiger partial charge in [-0.25, -0.2) is 0 Å². The lowest BCUT2D eigenvalue weighted by Gasteiger charge is -2.41. The molecule has 2 heteroatoms. The van der Waals surface area contributed by atoms with Crippen molar-refractivity contribution in [1.29, 1.82) is 0 Å². The highest BCUT2D eigenvalue weighted by Crippen LogP contribution is 2.31. The van der Waals surface area contributed by atoms with E-state index in [0.717, 1.165) is 23.9 Å². The van der Waals surface area contributed by atoms with Crippen LogP contribution in [0.15, 0.2) is 0 Å². The highest BCUT2D eigenvalue weighted by Gasteiger charge is 2.34. The first-order valence-corrected chi connectivity index (χ1v) is 7.16. The van der Waals surface area contributed by atoms with E-state index < -0.39 is 0 Å². The lowest BCUT2D eigenvalue weighted by Crippen LogP contribution is -2.48. The average Bonchev–Trinajstić information content (AvgIpc) is 2.77. The van der Waals surface area contributed by atoms with Gasteiger partial charge in [0.05, 0.1) is 0 Å². The van der Waals surface area contributed by atoms with Gasteiger partial charge in [0.15, 0.2) is 0 Å². The SMILES string of the molecule is CCC1CNCC1N(C)C1CCCCC1C. The van der Waals surface area contributed by atoms with Crippen LogP contribution in [0.25, 0.3) is 0 Å². The molecule has 1 aliphatic carbocycles. The van der Waals surface area contributed by atoms with E-state index in [9.17, 15) is 0 Å². The molecule has 1 N–H and O–H groups in total. The minimum absolute atomic E-state index is 0.788. The first kappa shape index (κ1) is 12.4. The molecule has 0 aromatic carbocycles. The molecule has 1 heterocycles. The zero-order valence-corrected chi connectivity index (χ0v) is 11.2. The molecule has 94 valence electrons. The molecule has 2 nitrogen and oxygen atoms in total. The van der Waals surface area contributed by atoms with Gasteiger partial charge >= 0.3 is 0 Å². The Morgan fingerprint density at radius 1 is 1.12 bits per heavy atom. The van der Waals surface area contributed by atoms with Crippen LogP contribution in [-0.4, -0.2) is 37.1 Å². The van der Waals surface area contributed by atoms with Gasteiger partial charge in [0.25, 0.3) is 0 Å². The second kappa shape index (κ2) is 5.50. The van der Waals surface area contributed by atoms with Crippen molar-refractivity contribution < 1.29 is 0 Å². The Morgan fingerprint density at radius 2 is 1.88 bits per heavy atom. The Morgan fingerprint density at radius 3 is 2.56 bits per heavy atom. The number of rotatable bonds is 3. The van der Waals surface area contributed by atoms with Gasteiger partial charge in [0.2, 0.25) is 0 Å². The molecule has 1 saturated heterocycles. The first-order chi connectivity index (χ1) is 7.74. The Labute approximate surface area is 101 Å². The summed E-state index contributed by atoms with van der Waals surface area (Å²) in [5, 5.41) is 3.57. The van der Waals surface area contributed by atoms with E-state index >= 15 is 0 Å². The van der Waals surface area contributed by atoms with Crippen molar-refractivity contribution in [2.75, 3.05) is 20.1 Å². The summed E-state index contributed by atoms with van der Waals surface area (Å²) in [6.07, 6.45) is 7.07. The third-order valence-corrected chi connectivity index (χ3v) is 4.94. The Balaban J connectivity index is 1.97. The van der Waals surface area contributed by atoms with Crippen LogP contribution in [0.4, 0.5) is 0 Å². The number of likely N-dealkylation sites (N-methyl/N-ethyl adjacent to an activating group) is 1. The van der Waals surface area contributed by atoms with Crippen molar-refractivity contribution in [1.82, 2.24) is 10.2 Å². The van der Waals surface area contributed by atoms with E-state index in [0.29, 0.717) is 0 Å². The van der Waals surface area contributed by atoms with Crippen molar-refractivity contribution in [3.63, 3.8) is 0 Å². The molecule has 0 aromatic rings. The van der Waals surface area contributed by atoms with Crippen LogP contribution in [0.1, 0.15) is 46.0 Å². The summed E-state index contributed by atoms with van der Waals surface area (Å²) in [7, 11) is 2.37. The van der Waals surface area contributed by atoms with Crippen LogP contribution in [0.2, 0.25) is 0 Å². The summed E-state index contributed by atoms with van der Waals surface area (Å²) < 4.78 is 0. The molecule has 1 saturated carbocycles. The molecule has 0 amide bonds. The minimum Gasteiger partial charge on any atom is -0.315 e. The van der Waals surface area contributed by atoms with Crippen LogP contribution >= 0.6 is 0 Å². The van der Waals surface area contributed by atoms with Gasteiger partial charge in [-0.1, -0.05) is 33.1 Å². The molecule has 0 spiro atoms. The van der Waals surface area contributed by atoms with Crippen LogP contribution < -0.4 is 5.32 Å². The maximum atomic E-state index is 3.57. The second-order valence-electron chi connectivity index (χ2n) is 5.89. The van der Waals surface area contributed by atoms with Gasteiger partial charge in [-0.05, 0) is 38.3 Å². The number of hydrogen-bond donors (Lipinski definition) is 1. The fraction of sp³-hybridized carbons (Fsp3) is 1.00. The first-order valence-electron chi connectivity index (χ1n) is 7.16. The van der Waals surface area contributed by atoms with Crippen molar-refractivity contribution in [3.8, 4) is 0 Å². The van der Waals surface area contributed by atoms with E-state index in [4.69, 9.17) is 0 Å². The van der Waals surface area contributed by atoms with E-state index in [1.807, 2.05) is 0 Å². The second-order valence-corrected chi connectivity index (χ2v) is 5.89. The maximum absolute atomic E-state index is 3.57. The largest absolute Gasteiger partial charge is 0.315 e. The maximum Gasteiger partial charge on any atom is 0.0260 e. The fourth-order valence-electron chi connectivity index (χ4n) is 3.76. The van der Waals surface area contributed by atoms with Crippen molar-refractivity contribution >= 4 is 0 Å². The predicted octanol–water partition coefficient (Wildman–Crippen LogP) is 2.49. The topological polar surface area (TPSA) is 15.3 Å². The molecule has 0 radical (unpaired) electrons. The molecule has 4 atom stereocenters. The van der Waals surface area contributed by atoms with Gasteiger partial charge in [-0.3, -0.25) is 4.90 Å². The normalized spacial score (nSPS) is 40.5. The lowest BCUT2D eigenvalue weighted by molar-refractivity contribution is 0.0839. The zero-order valence-electron chi connectivity index (χ0n) is 11.2. The Bertz CT molecular complexity index is 215. The Kier molecular flexibility index (Phi) is 4.26. The smallest absolute Gasteiger partial charge is 0.0260 e. The van der Waals surface area contributed by atoms with Crippen molar-refractivity contribution in [2.24, 2.45) is 11.8 Å². The van der Waals surface area contributed by atoms with Crippen molar-refractivity contribution in [2.45, 2.75) is 58.0 Å². The lowest BCUT2D eigenvalue weighted by atomic mass is 9.83. The molecular formula is C14H28N2. The number of nitrogens with one attached hydrogen (secondary N) is 1. The van der Waals surface area contributed by atoms with Crippen LogP contribution in [0.3, 0.4) is 0 Å². The van der Waals surface area contributed by atoms with Gasteiger partial charge in [0, 0.05) is 18.6 Å². The van der Waals surface area contributed by atoms with Crippen LogP contribution in [0, 0.1) is 11.8 Å². The number of nitrogens with zero attached hydrogens (tertiary/aromatic N) is 1. The summed E-state index contributed by atoms with van der Waals surface area (Å²) in [4.78, 5) is 2.71. The standard InChI is InChI=1S/C14H28N2/c1-4-12-9-15-10-14(12)16(3)13-8-6-5-7-11(13)2/h11-15H,4-10H2,1-3H3. The van der Waals surface area contributed by atoms with E-state index in [2.05, 4.69) is 31.1 Å². The molecule has 0 bridgehead atoms. The van der Waals surface area contributed by atoms with Gasteiger partial charge < -0.3 is 5.32 Å². The molecule has 2 fully saturated rings. The van der Waals surface area contributed by atoms with Crippen molar-refractivity contribution in [3.05, 3.63) is 0 Å². The monoisotopic (exact) mass is 224 g/mol. The summed E-state index contributed by atoms with van der Waals surface area (Å²) >= 11 is 0. The molecule has 0 aromatic heterocycles. The Hall–Kier alpha value is -0.0800. The minimum atomic E-state index is 0.788. The van der Waals surface area contributed by atoms with Gasteiger partial charge in [0.1, 0.15) is 0 Å². The fourth-order valence-corrected chi connectivity index (χ4v) is 3.76. The summed E-state index contributed by atoms with van der Waals surface area (Å²) in [6.45, 7) is 7.22. The molecule has 4 unspecified atom stereocenters. The molecule has 2 rings (SSSR count). The van der Waals surface area contributed by atoms with Crippen LogP contribution in [0.5, 0.6) is 0 Å². The van der Waals surface area contributed by atoms with Gasteiger partial charge in [-0.15, -0.1) is 0 Å². The van der Waals surface area contributed by atoms with Crippen LogP contribution in [-0.2, 0) is 0 Å². The van der Waals surface area contributed by atoms with Gasteiger partial charge in [-0.2, -0.15) is 0 Å². The third kappa shape index (κ3) is 2.43. The van der Waals surface area contributed by atoms with E-state index in [1.54, 1.807) is 0 Å².